The summed E-state index contributed by atoms with van der Waals surface area (Å²) in [6, 6.07) is 2.30. The van der Waals surface area contributed by atoms with Crippen molar-refractivity contribution in [1.29, 1.82) is 0 Å². The van der Waals surface area contributed by atoms with Crippen LogP contribution < -0.4 is 5.32 Å². The molecule has 0 saturated heterocycles. The zero-order valence-corrected chi connectivity index (χ0v) is 12.3. The van der Waals surface area contributed by atoms with Crippen LogP contribution in [0.5, 0.6) is 0 Å². The van der Waals surface area contributed by atoms with Crippen molar-refractivity contribution in [2.45, 2.75) is 45.6 Å². The van der Waals surface area contributed by atoms with Gasteiger partial charge in [-0.3, -0.25) is 10.1 Å². The molecular formula is C14H18ClFN2O2. The Kier molecular flexibility index (Phi) is 4.18. The SMILES string of the molecule is CC1(C)CCCCC1Nc1cc(Cl)c(F)cc1[N+](=O)[O-]. The quantitative estimate of drug-likeness (QED) is 0.646. The van der Waals surface area contributed by atoms with Crippen LogP contribution in [-0.2, 0) is 0 Å². The summed E-state index contributed by atoms with van der Waals surface area (Å²) in [5.41, 5.74) is 0.0714. The van der Waals surface area contributed by atoms with E-state index in [1.807, 2.05) is 0 Å². The largest absolute Gasteiger partial charge is 0.376 e. The van der Waals surface area contributed by atoms with Crippen LogP contribution in [0.15, 0.2) is 12.1 Å². The second-order valence-electron chi connectivity index (χ2n) is 5.97. The summed E-state index contributed by atoms with van der Waals surface area (Å²) >= 11 is 5.74. The number of nitro benzene ring substituents is 1. The topological polar surface area (TPSA) is 55.2 Å². The molecule has 1 N–H and O–H groups in total. The Morgan fingerprint density at radius 1 is 1.45 bits per heavy atom. The van der Waals surface area contributed by atoms with Crippen LogP contribution in [0.25, 0.3) is 0 Å². The lowest BCUT2D eigenvalue weighted by molar-refractivity contribution is -0.384. The van der Waals surface area contributed by atoms with Gasteiger partial charge in [-0.15, -0.1) is 0 Å². The molecule has 1 unspecified atom stereocenters. The molecule has 0 radical (unpaired) electrons. The van der Waals surface area contributed by atoms with Crippen LogP contribution in [-0.4, -0.2) is 11.0 Å². The number of hydrogen-bond acceptors (Lipinski definition) is 3. The molecule has 0 spiro atoms. The molecule has 0 heterocycles. The first-order chi connectivity index (χ1) is 9.31. The molecule has 1 aliphatic rings. The molecule has 110 valence electrons. The summed E-state index contributed by atoms with van der Waals surface area (Å²) in [7, 11) is 0. The van der Waals surface area contributed by atoms with Crippen LogP contribution >= 0.6 is 11.6 Å². The van der Waals surface area contributed by atoms with Gasteiger partial charge < -0.3 is 5.32 Å². The van der Waals surface area contributed by atoms with Crippen LogP contribution in [0.1, 0.15) is 39.5 Å². The van der Waals surface area contributed by atoms with Crippen molar-refractivity contribution in [2.24, 2.45) is 5.41 Å². The Bertz CT molecular complexity index is 534. The lowest BCUT2D eigenvalue weighted by Gasteiger charge is -2.39. The highest BCUT2D eigenvalue weighted by molar-refractivity contribution is 6.31. The van der Waals surface area contributed by atoms with Gasteiger partial charge in [-0.05, 0) is 24.3 Å². The highest BCUT2D eigenvalue weighted by Gasteiger charge is 2.33. The van der Waals surface area contributed by atoms with Gasteiger partial charge in [0.15, 0.2) is 0 Å². The van der Waals surface area contributed by atoms with E-state index in [0.717, 1.165) is 31.7 Å². The first kappa shape index (κ1) is 15.0. The fourth-order valence-corrected chi connectivity index (χ4v) is 2.92. The molecule has 1 saturated carbocycles. The zero-order chi connectivity index (χ0) is 14.9. The van der Waals surface area contributed by atoms with Crippen molar-refractivity contribution in [1.82, 2.24) is 0 Å². The number of nitro groups is 1. The third kappa shape index (κ3) is 3.03. The third-order valence-corrected chi connectivity index (χ3v) is 4.36. The van der Waals surface area contributed by atoms with E-state index in [1.54, 1.807) is 0 Å². The fourth-order valence-electron chi connectivity index (χ4n) is 2.75. The average Bonchev–Trinajstić information content (AvgIpc) is 2.35. The van der Waals surface area contributed by atoms with Gasteiger partial charge in [0.05, 0.1) is 16.0 Å². The Labute approximate surface area is 122 Å². The van der Waals surface area contributed by atoms with Gasteiger partial charge >= 0.3 is 0 Å². The van der Waals surface area contributed by atoms with E-state index in [4.69, 9.17) is 11.6 Å². The average molecular weight is 301 g/mol. The number of halogens is 2. The van der Waals surface area contributed by atoms with E-state index >= 15 is 0 Å². The molecular weight excluding hydrogens is 283 g/mol. The number of nitrogens with one attached hydrogen (secondary N) is 1. The first-order valence-corrected chi connectivity index (χ1v) is 7.09. The predicted octanol–water partition coefficient (Wildman–Crippen LogP) is 4.77. The van der Waals surface area contributed by atoms with E-state index in [0.29, 0.717) is 5.69 Å². The number of rotatable bonds is 3. The summed E-state index contributed by atoms with van der Waals surface area (Å²) in [6.45, 7) is 4.28. The van der Waals surface area contributed by atoms with Crippen molar-refractivity contribution >= 4 is 23.0 Å². The minimum Gasteiger partial charge on any atom is -0.376 e. The van der Waals surface area contributed by atoms with E-state index in [-0.39, 0.29) is 22.2 Å². The predicted molar refractivity (Wildman–Crippen MR) is 77.7 cm³/mol. The third-order valence-electron chi connectivity index (χ3n) is 4.07. The van der Waals surface area contributed by atoms with E-state index in [2.05, 4.69) is 19.2 Å². The molecule has 0 aliphatic heterocycles. The van der Waals surface area contributed by atoms with Crippen LogP contribution in [0.4, 0.5) is 15.8 Å². The Balaban J connectivity index is 2.32. The Hall–Kier alpha value is -1.36. The van der Waals surface area contributed by atoms with Gasteiger partial charge in [-0.25, -0.2) is 4.39 Å². The normalized spacial score (nSPS) is 21.5. The second-order valence-corrected chi connectivity index (χ2v) is 6.38. The van der Waals surface area contributed by atoms with Crippen molar-refractivity contribution in [3.63, 3.8) is 0 Å². The molecule has 4 nitrogen and oxygen atoms in total. The zero-order valence-electron chi connectivity index (χ0n) is 11.6. The maximum atomic E-state index is 13.4. The highest BCUT2D eigenvalue weighted by atomic mass is 35.5. The molecule has 2 rings (SSSR count). The smallest absolute Gasteiger partial charge is 0.295 e. The van der Waals surface area contributed by atoms with Crippen molar-refractivity contribution in [2.75, 3.05) is 5.32 Å². The van der Waals surface area contributed by atoms with Crippen LogP contribution in [0.2, 0.25) is 5.02 Å². The number of benzene rings is 1. The Morgan fingerprint density at radius 2 is 2.15 bits per heavy atom. The lowest BCUT2D eigenvalue weighted by atomic mass is 9.73. The van der Waals surface area contributed by atoms with E-state index in [9.17, 15) is 14.5 Å². The molecule has 1 aromatic rings. The number of anilines is 1. The van der Waals surface area contributed by atoms with Gasteiger partial charge in [0.2, 0.25) is 0 Å². The van der Waals surface area contributed by atoms with Crippen molar-refractivity contribution < 1.29 is 9.31 Å². The maximum Gasteiger partial charge on any atom is 0.295 e. The molecule has 6 heteroatoms. The number of nitrogens with zero attached hydrogens (tertiary/aromatic N) is 1. The molecule has 1 atom stereocenters. The van der Waals surface area contributed by atoms with E-state index in [1.165, 1.54) is 6.07 Å². The summed E-state index contributed by atoms with van der Waals surface area (Å²) in [5, 5.41) is 14.1. The highest BCUT2D eigenvalue weighted by Crippen LogP contribution is 2.39. The van der Waals surface area contributed by atoms with Crippen molar-refractivity contribution in [3.8, 4) is 0 Å². The molecule has 1 fully saturated rings. The van der Waals surface area contributed by atoms with Gasteiger partial charge in [0.25, 0.3) is 5.69 Å². The molecule has 0 bridgehead atoms. The summed E-state index contributed by atoms with van der Waals surface area (Å²) in [5.74, 6) is -0.771. The van der Waals surface area contributed by atoms with Crippen molar-refractivity contribution in [3.05, 3.63) is 33.1 Å². The summed E-state index contributed by atoms with van der Waals surface area (Å²) in [6.07, 6.45) is 4.26. The Morgan fingerprint density at radius 3 is 2.75 bits per heavy atom. The molecule has 1 aliphatic carbocycles. The fraction of sp³-hybridized carbons (Fsp3) is 0.571. The van der Waals surface area contributed by atoms with Gasteiger partial charge in [-0.2, -0.15) is 0 Å². The van der Waals surface area contributed by atoms with Crippen LogP contribution in [0.3, 0.4) is 0 Å². The number of hydrogen-bond donors (Lipinski definition) is 1. The summed E-state index contributed by atoms with van der Waals surface area (Å²) < 4.78 is 13.4. The van der Waals surface area contributed by atoms with Gasteiger partial charge in [0, 0.05) is 6.04 Å². The van der Waals surface area contributed by atoms with Crippen LogP contribution in [0, 0.1) is 21.3 Å². The minimum absolute atomic E-state index is 0.0486. The lowest BCUT2D eigenvalue weighted by Crippen LogP contribution is -2.39. The molecule has 0 aromatic heterocycles. The first-order valence-electron chi connectivity index (χ1n) is 6.71. The minimum atomic E-state index is -0.771. The summed E-state index contributed by atoms with van der Waals surface area (Å²) in [4.78, 5) is 10.5. The van der Waals surface area contributed by atoms with Gasteiger partial charge in [0.1, 0.15) is 11.5 Å². The maximum absolute atomic E-state index is 13.4. The molecule has 1 aromatic carbocycles. The standard InChI is InChI=1S/C14H18ClFN2O2/c1-14(2)6-4-3-5-13(14)17-11-7-9(15)10(16)8-12(11)18(19)20/h7-8,13,17H,3-6H2,1-2H3. The molecule has 20 heavy (non-hydrogen) atoms. The monoisotopic (exact) mass is 300 g/mol. The molecule has 0 amide bonds. The van der Waals surface area contributed by atoms with Gasteiger partial charge in [-0.1, -0.05) is 38.3 Å². The van der Waals surface area contributed by atoms with E-state index < -0.39 is 10.7 Å². The second kappa shape index (κ2) is 5.56.